The minimum absolute atomic E-state index is 0.119. The number of hydrogen-bond acceptors (Lipinski definition) is 3. The van der Waals surface area contributed by atoms with Gasteiger partial charge in [0, 0.05) is 45.1 Å². The Kier molecular flexibility index (Phi) is 7.27. The number of nitrogens with one attached hydrogen (secondary N) is 2. The number of nitrogens with zero attached hydrogens (tertiary/aromatic N) is 3. The van der Waals surface area contributed by atoms with Crippen molar-refractivity contribution in [1.82, 2.24) is 25.1 Å². The fourth-order valence-corrected chi connectivity index (χ4v) is 3.58. The Morgan fingerprint density at radius 1 is 1.22 bits per heavy atom. The lowest BCUT2D eigenvalue weighted by Crippen LogP contribution is -2.35. The number of rotatable bonds is 8. The number of likely N-dealkylation sites (tertiary alicyclic amines) is 1. The van der Waals surface area contributed by atoms with Crippen molar-refractivity contribution in [2.75, 3.05) is 19.6 Å². The second-order valence-corrected chi connectivity index (χ2v) is 7.56. The van der Waals surface area contributed by atoms with Gasteiger partial charge >= 0.3 is 6.03 Å². The van der Waals surface area contributed by atoms with Crippen LogP contribution in [0.15, 0.2) is 43.0 Å². The van der Waals surface area contributed by atoms with Gasteiger partial charge in [-0.05, 0) is 42.9 Å². The van der Waals surface area contributed by atoms with Crippen LogP contribution in [0.2, 0.25) is 0 Å². The molecule has 6 nitrogen and oxygen atoms in total. The summed E-state index contributed by atoms with van der Waals surface area (Å²) in [6.45, 7) is 7.82. The monoisotopic (exact) mass is 369 g/mol. The van der Waals surface area contributed by atoms with Gasteiger partial charge in [-0.3, -0.25) is 4.90 Å². The van der Waals surface area contributed by atoms with Crippen LogP contribution in [0.5, 0.6) is 0 Å². The molecular formula is C21H31N5O. The number of aryl methyl sites for hydroxylation is 1. The Balaban J connectivity index is 1.32. The molecule has 0 radical (unpaired) electrons. The molecule has 0 saturated carbocycles. The van der Waals surface area contributed by atoms with Crippen LogP contribution in [0.1, 0.15) is 37.3 Å². The Morgan fingerprint density at radius 3 is 2.78 bits per heavy atom. The molecule has 2 amide bonds. The maximum absolute atomic E-state index is 11.9. The lowest BCUT2D eigenvalue weighted by atomic mass is 9.99. The molecule has 1 atom stereocenters. The molecule has 6 heteroatoms. The van der Waals surface area contributed by atoms with Gasteiger partial charge in [-0.2, -0.15) is 0 Å². The topological polar surface area (TPSA) is 62.2 Å². The summed E-state index contributed by atoms with van der Waals surface area (Å²) < 4.78 is 2.01. The molecular weight excluding hydrogens is 338 g/mol. The molecule has 0 spiro atoms. The smallest absolute Gasteiger partial charge is 0.315 e. The summed E-state index contributed by atoms with van der Waals surface area (Å²) in [7, 11) is 0. The molecule has 0 aliphatic carbocycles. The van der Waals surface area contributed by atoms with Gasteiger partial charge in [0.05, 0.1) is 6.33 Å². The van der Waals surface area contributed by atoms with Crippen molar-refractivity contribution in [3.63, 3.8) is 0 Å². The molecule has 0 bridgehead atoms. The van der Waals surface area contributed by atoms with Crippen LogP contribution in [0, 0.1) is 5.92 Å². The van der Waals surface area contributed by atoms with Crippen molar-refractivity contribution >= 4 is 6.03 Å². The van der Waals surface area contributed by atoms with Crippen LogP contribution in [0.3, 0.4) is 0 Å². The van der Waals surface area contributed by atoms with E-state index < -0.39 is 0 Å². The van der Waals surface area contributed by atoms with Crippen molar-refractivity contribution in [2.24, 2.45) is 5.92 Å². The summed E-state index contributed by atoms with van der Waals surface area (Å²) in [5.41, 5.74) is 2.47. The largest absolute Gasteiger partial charge is 0.338 e. The maximum Gasteiger partial charge on any atom is 0.315 e. The number of benzene rings is 1. The highest BCUT2D eigenvalue weighted by atomic mass is 16.2. The first-order valence-corrected chi connectivity index (χ1v) is 9.96. The quantitative estimate of drug-likeness (QED) is 0.703. The van der Waals surface area contributed by atoms with Gasteiger partial charge in [0.25, 0.3) is 0 Å². The zero-order valence-electron chi connectivity index (χ0n) is 16.2. The van der Waals surface area contributed by atoms with E-state index in [1.807, 2.05) is 10.8 Å². The summed E-state index contributed by atoms with van der Waals surface area (Å²) in [6, 6.07) is 8.47. The van der Waals surface area contributed by atoms with E-state index in [0.717, 1.165) is 31.0 Å². The molecule has 1 fully saturated rings. The van der Waals surface area contributed by atoms with Gasteiger partial charge in [-0.1, -0.05) is 31.2 Å². The molecule has 146 valence electrons. The zero-order chi connectivity index (χ0) is 18.9. The summed E-state index contributed by atoms with van der Waals surface area (Å²) >= 11 is 0. The molecule has 1 saturated heterocycles. The fourth-order valence-electron chi connectivity index (χ4n) is 3.58. The van der Waals surface area contributed by atoms with Gasteiger partial charge in [0.2, 0.25) is 0 Å². The number of carbonyl (C=O) groups is 1. The molecule has 1 aliphatic heterocycles. The van der Waals surface area contributed by atoms with Gasteiger partial charge in [-0.15, -0.1) is 0 Å². The highest BCUT2D eigenvalue weighted by Crippen LogP contribution is 2.18. The van der Waals surface area contributed by atoms with Gasteiger partial charge in [-0.25, -0.2) is 9.78 Å². The summed E-state index contributed by atoms with van der Waals surface area (Å²) in [5, 5.41) is 5.81. The minimum atomic E-state index is -0.119. The van der Waals surface area contributed by atoms with Gasteiger partial charge < -0.3 is 15.2 Å². The number of urea groups is 1. The standard InChI is InChI=1S/C21H31N5O/c1-18-4-2-11-26(15-18)16-20-7-5-19(6-8-20)14-24-21(27)23-9-3-12-25-13-10-22-17-25/h5-8,10,13,17-18H,2-4,9,11-12,14-16H2,1H3,(H2,23,24,27). The highest BCUT2D eigenvalue weighted by molar-refractivity contribution is 5.73. The van der Waals surface area contributed by atoms with E-state index in [4.69, 9.17) is 0 Å². The fraction of sp³-hybridized carbons (Fsp3) is 0.524. The molecule has 2 heterocycles. The normalized spacial score (nSPS) is 17.6. The van der Waals surface area contributed by atoms with E-state index in [1.165, 1.54) is 31.5 Å². The van der Waals surface area contributed by atoms with E-state index in [1.54, 1.807) is 12.5 Å². The number of hydrogen-bond donors (Lipinski definition) is 2. The molecule has 1 aromatic carbocycles. The molecule has 1 aliphatic rings. The van der Waals surface area contributed by atoms with Crippen LogP contribution < -0.4 is 10.6 Å². The number of piperidine rings is 1. The average molecular weight is 370 g/mol. The lowest BCUT2D eigenvalue weighted by Gasteiger charge is -2.30. The molecule has 2 N–H and O–H groups in total. The van der Waals surface area contributed by atoms with Crippen molar-refractivity contribution in [3.8, 4) is 0 Å². The summed E-state index contributed by atoms with van der Waals surface area (Å²) in [6.07, 6.45) is 9.02. The molecule has 2 aromatic rings. The number of amides is 2. The summed E-state index contributed by atoms with van der Waals surface area (Å²) in [5.74, 6) is 0.806. The highest BCUT2D eigenvalue weighted by Gasteiger charge is 2.16. The van der Waals surface area contributed by atoms with Crippen LogP contribution in [0.4, 0.5) is 4.79 Å². The second-order valence-electron chi connectivity index (χ2n) is 7.56. The van der Waals surface area contributed by atoms with Crippen LogP contribution in [-0.4, -0.2) is 40.1 Å². The number of carbonyl (C=O) groups excluding carboxylic acids is 1. The lowest BCUT2D eigenvalue weighted by molar-refractivity contribution is 0.176. The molecule has 27 heavy (non-hydrogen) atoms. The molecule has 1 aromatic heterocycles. The Labute approximate surface area is 162 Å². The third-order valence-corrected chi connectivity index (χ3v) is 5.06. The predicted octanol–water partition coefficient (Wildman–Crippen LogP) is 3.00. The summed E-state index contributed by atoms with van der Waals surface area (Å²) in [4.78, 5) is 18.4. The maximum atomic E-state index is 11.9. The second kappa shape index (κ2) is 10.1. The zero-order valence-corrected chi connectivity index (χ0v) is 16.2. The minimum Gasteiger partial charge on any atom is -0.338 e. The van der Waals surface area contributed by atoms with Gasteiger partial charge in [0.15, 0.2) is 0 Å². The molecule has 3 rings (SSSR count). The van der Waals surface area contributed by atoms with Crippen LogP contribution in [-0.2, 0) is 19.6 Å². The third-order valence-electron chi connectivity index (χ3n) is 5.06. The van der Waals surface area contributed by atoms with Crippen molar-refractivity contribution in [1.29, 1.82) is 0 Å². The molecule has 1 unspecified atom stereocenters. The predicted molar refractivity (Wildman–Crippen MR) is 107 cm³/mol. The van der Waals surface area contributed by atoms with Gasteiger partial charge in [0.1, 0.15) is 0 Å². The average Bonchev–Trinajstić information content (AvgIpc) is 3.18. The van der Waals surface area contributed by atoms with Crippen LogP contribution >= 0.6 is 0 Å². The number of aromatic nitrogens is 2. The Hall–Kier alpha value is -2.34. The third kappa shape index (κ3) is 6.71. The first kappa shape index (κ1) is 19.4. The number of imidazole rings is 1. The first-order valence-electron chi connectivity index (χ1n) is 9.96. The Morgan fingerprint density at radius 2 is 2.04 bits per heavy atom. The van der Waals surface area contributed by atoms with E-state index >= 15 is 0 Å². The SMILES string of the molecule is CC1CCCN(Cc2ccc(CNC(=O)NCCCn3ccnc3)cc2)C1. The van der Waals surface area contributed by atoms with Crippen molar-refractivity contribution in [3.05, 3.63) is 54.1 Å². The van der Waals surface area contributed by atoms with Crippen molar-refractivity contribution in [2.45, 2.75) is 45.8 Å². The first-order chi connectivity index (χ1) is 13.2. The van der Waals surface area contributed by atoms with E-state index in [-0.39, 0.29) is 6.03 Å². The van der Waals surface area contributed by atoms with Crippen LogP contribution in [0.25, 0.3) is 0 Å². The Bertz CT molecular complexity index is 683. The van der Waals surface area contributed by atoms with E-state index in [9.17, 15) is 4.79 Å². The van der Waals surface area contributed by atoms with E-state index in [2.05, 4.69) is 51.7 Å². The van der Waals surface area contributed by atoms with Crippen molar-refractivity contribution < 1.29 is 4.79 Å². The van der Waals surface area contributed by atoms with E-state index in [0.29, 0.717) is 13.1 Å².